The van der Waals surface area contributed by atoms with Gasteiger partial charge in [-0.2, -0.15) is 0 Å². The Morgan fingerprint density at radius 3 is 2.60 bits per heavy atom. The van der Waals surface area contributed by atoms with E-state index in [1.54, 1.807) is 11.3 Å². The quantitative estimate of drug-likeness (QED) is 0.623. The molecular formula is C20H26N4S. The standard InChI is InChI=1S/C20H26N4S/c1-4-11-21-19-17-10-12-25-20(17)23-18(22-19)14-24(15(2)3)13-16-8-6-5-7-9-16/h5-10,12,15H,4,11,13-14H2,1-3H3,(H,21,22,23). The Labute approximate surface area is 153 Å². The van der Waals surface area contributed by atoms with E-state index in [1.807, 2.05) is 0 Å². The number of nitrogens with one attached hydrogen (secondary N) is 1. The number of fused-ring (bicyclic) bond motifs is 1. The lowest BCUT2D eigenvalue weighted by Gasteiger charge is -2.26. The first-order valence-corrected chi connectivity index (χ1v) is 9.81. The second-order valence-electron chi connectivity index (χ2n) is 6.54. The van der Waals surface area contributed by atoms with Crippen LogP contribution < -0.4 is 5.32 Å². The van der Waals surface area contributed by atoms with Gasteiger partial charge >= 0.3 is 0 Å². The van der Waals surface area contributed by atoms with Crippen molar-refractivity contribution in [1.29, 1.82) is 0 Å². The number of hydrogen-bond acceptors (Lipinski definition) is 5. The summed E-state index contributed by atoms with van der Waals surface area (Å²) in [5.41, 5.74) is 1.32. The molecule has 0 aliphatic rings. The molecular weight excluding hydrogens is 328 g/mol. The van der Waals surface area contributed by atoms with Gasteiger partial charge in [0, 0.05) is 19.1 Å². The maximum atomic E-state index is 4.82. The molecule has 2 heterocycles. The van der Waals surface area contributed by atoms with Crippen LogP contribution in [0.4, 0.5) is 5.82 Å². The van der Waals surface area contributed by atoms with Crippen molar-refractivity contribution in [3.8, 4) is 0 Å². The summed E-state index contributed by atoms with van der Waals surface area (Å²) in [6.45, 7) is 9.20. The van der Waals surface area contributed by atoms with Crippen LogP contribution in [0, 0.1) is 0 Å². The molecule has 25 heavy (non-hydrogen) atoms. The highest BCUT2D eigenvalue weighted by molar-refractivity contribution is 7.16. The fourth-order valence-corrected chi connectivity index (χ4v) is 3.55. The highest BCUT2D eigenvalue weighted by Crippen LogP contribution is 2.26. The second-order valence-corrected chi connectivity index (χ2v) is 7.43. The predicted molar refractivity (Wildman–Crippen MR) is 107 cm³/mol. The van der Waals surface area contributed by atoms with E-state index in [-0.39, 0.29) is 0 Å². The van der Waals surface area contributed by atoms with E-state index >= 15 is 0 Å². The summed E-state index contributed by atoms with van der Waals surface area (Å²) in [6, 6.07) is 13.1. The van der Waals surface area contributed by atoms with Gasteiger partial charge in [-0.25, -0.2) is 9.97 Å². The van der Waals surface area contributed by atoms with Crippen LogP contribution in [0.3, 0.4) is 0 Å². The molecule has 1 N–H and O–H groups in total. The van der Waals surface area contributed by atoms with Gasteiger partial charge in [0.15, 0.2) is 0 Å². The SMILES string of the molecule is CCCNc1nc(CN(Cc2ccccc2)C(C)C)nc2sccc12. The number of rotatable bonds is 8. The lowest BCUT2D eigenvalue weighted by Crippen LogP contribution is -2.30. The molecule has 0 bridgehead atoms. The third-order valence-corrected chi connectivity index (χ3v) is 5.02. The third-order valence-electron chi connectivity index (χ3n) is 4.22. The van der Waals surface area contributed by atoms with Crippen molar-refractivity contribution in [3.63, 3.8) is 0 Å². The minimum absolute atomic E-state index is 0.426. The fourth-order valence-electron chi connectivity index (χ4n) is 2.77. The number of hydrogen-bond donors (Lipinski definition) is 1. The average Bonchev–Trinajstić information content (AvgIpc) is 3.08. The van der Waals surface area contributed by atoms with Crippen molar-refractivity contribution in [2.45, 2.75) is 46.3 Å². The monoisotopic (exact) mass is 354 g/mol. The molecule has 0 aliphatic heterocycles. The minimum Gasteiger partial charge on any atom is -0.369 e. The van der Waals surface area contributed by atoms with Gasteiger partial charge in [0.25, 0.3) is 0 Å². The minimum atomic E-state index is 0.426. The van der Waals surface area contributed by atoms with Crippen LogP contribution in [0.15, 0.2) is 41.8 Å². The summed E-state index contributed by atoms with van der Waals surface area (Å²) in [5, 5.41) is 6.67. The third kappa shape index (κ3) is 4.55. The molecule has 0 aliphatic carbocycles. The highest BCUT2D eigenvalue weighted by Gasteiger charge is 2.15. The molecule has 2 aromatic heterocycles. The summed E-state index contributed by atoms with van der Waals surface area (Å²) in [5.74, 6) is 1.85. The van der Waals surface area contributed by atoms with Gasteiger partial charge in [0.2, 0.25) is 0 Å². The zero-order valence-corrected chi connectivity index (χ0v) is 16.0. The Morgan fingerprint density at radius 1 is 1.08 bits per heavy atom. The Morgan fingerprint density at radius 2 is 1.88 bits per heavy atom. The van der Waals surface area contributed by atoms with Crippen LogP contribution >= 0.6 is 11.3 Å². The van der Waals surface area contributed by atoms with Crippen LogP contribution in [-0.4, -0.2) is 27.5 Å². The topological polar surface area (TPSA) is 41.1 Å². The zero-order chi connectivity index (χ0) is 17.6. The summed E-state index contributed by atoms with van der Waals surface area (Å²) in [4.78, 5) is 13.1. The van der Waals surface area contributed by atoms with Gasteiger partial charge < -0.3 is 5.32 Å². The molecule has 0 amide bonds. The first-order chi connectivity index (χ1) is 12.2. The van der Waals surface area contributed by atoms with E-state index in [2.05, 4.69) is 72.8 Å². The average molecular weight is 355 g/mol. The molecule has 132 valence electrons. The van der Waals surface area contributed by atoms with Crippen LogP contribution in [0.5, 0.6) is 0 Å². The predicted octanol–water partition coefficient (Wildman–Crippen LogP) is 4.92. The smallest absolute Gasteiger partial charge is 0.146 e. The maximum absolute atomic E-state index is 4.82. The Hall–Kier alpha value is -1.98. The molecule has 4 nitrogen and oxygen atoms in total. The van der Waals surface area contributed by atoms with Gasteiger partial charge in [-0.1, -0.05) is 37.3 Å². The molecule has 0 spiro atoms. The lowest BCUT2D eigenvalue weighted by molar-refractivity contribution is 0.199. The van der Waals surface area contributed by atoms with Crippen molar-refractivity contribution < 1.29 is 0 Å². The van der Waals surface area contributed by atoms with Gasteiger partial charge in [-0.05, 0) is 37.3 Å². The van der Waals surface area contributed by atoms with Crippen LogP contribution in [0.2, 0.25) is 0 Å². The van der Waals surface area contributed by atoms with Crippen LogP contribution in [0.1, 0.15) is 38.6 Å². The Kier molecular flexibility index (Phi) is 6.00. The van der Waals surface area contributed by atoms with E-state index in [4.69, 9.17) is 9.97 Å². The number of thiophene rings is 1. The van der Waals surface area contributed by atoms with Crippen LogP contribution in [0.25, 0.3) is 10.2 Å². The van der Waals surface area contributed by atoms with E-state index in [1.165, 1.54) is 5.56 Å². The largest absolute Gasteiger partial charge is 0.369 e. The first kappa shape index (κ1) is 17.8. The molecule has 0 saturated heterocycles. The van der Waals surface area contributed by atoms with E-state index < -0.39 is 0 Å². The molecule has 1 aromatic carbocycles. The zero-order valence-electron chi connectivity index (χ0n) is 15.2. The highest BCUT2D eigenvalue weighted by atomic mass is 32.1. The van der Waals surface area contributed by atoms with Crippen molar-refractivity contribution >= 4 is 27.4 Å². The summed E-state index contributed by atoms with van der Waals surface area (Å²) >= 11 is 1.68. The van der Waals surface area contributed by atoms with Gasteiger partial charge in [0.05, 0.1) is 11.9 Å². The number of aromatic nitrogens is 2. The summed E-state index contributed by atoms with van der Waals surface area (Å²) in [7, 11) is 0. The fraction of sp³-hybridized carbons (Fsp3) is 0.400. The molecule has 3 aromatic rings. The van der Waals surface area contributed by atoms with Crippen molar-refractivity contribution in [2.75, 3.05) is 11.9 Å². The maximum Gasteiger partial charge on any atom is 0.146 e. The van der Waals surface area contributed by atoms with Crippen molar-refractivity contribution in [3.05, 3.63) is 53.2 Å². The molecule has 0 radical (unpaired) electrons. The number of nitrogens with zero attached hydrogens (tertiary/aromatic N) is 3. The summed E-state index contributed by atoms with van der Waals surface area (Å²) < 4.78 is 0. The molecule has 0 saturated carbocycles. The van der Waals surface area contributed by atoms with Crippen LogP contribution in [-0.2, 0) is 13.1 Å². The molecule has 0 atom stereocenters. The Bertz CT molecular complexity index is 798. The first-order valence-electron chi connectivity index (χ1n) is 8.93. The van der Waals surface area contributed by atoms with Crippen molar-refractivity contribution in [1.82, 2.24) is 14.9 Å². The van der Waals surface area contributed by atoms with Gasteiger partial charge in [-0.15, -0.1) is 11.3 Å². The molecule has 0 fully saturated rings. The van der Waals surface area contributed by atoms with Gasteiger partial charge in [0.1, 0.15) is 16.5 Å². The molecule has 0 unspecified atom stereocenters. The number of benzene rings is 1. The van der Waals surface area contributed by atoms with Crippen molar-refractivity contribution in [2.24, 2.45) is 0 Å². The Balaban J connectivity index is 1.83. The van der Waals surface area contributed by atoms with E-state index in [0.717, 1.165) is 47.9 Å². The lowest BCUT2D eigenvalue weighted by atomic mass is 10.2. The van der Waals surface area contributed by atoms with Gasteiger partial charge in [-0.3, -0.25) is 4.90 Å². The number of anilines is 1. The van der Waals surface area contributed by atoms with E-state index in [9.17, 15) is 0 Å². The summed E-state index contributed by atoms with van der Waals surface area (Å²) in [6.07, 6.45) is 1.08. The van der Waals surface area contributed by atoms with E-state index in [0.29, 0.717) is 6.04 Å². The second kappa shape index (κ2) is 8.41. The molecule has 3 rings (SSSR count). The molecule has 5 heteroatoms. The normalized spacial score (nSPS) is 11.6.